The SMILES string of the molecule is CCc1c(O)n(C2CCCN(CC)C2)c(=O)[nH]c1=O. The molecule has 0 saturated carbocycles. The summed E-state index contributed by atoms with van der Waals surface area (Å²) >= 11 is 0. The molecule has 0 aromatic carbocycles. The van der Waals surface area contributed by atoms with Crippen molar-refractivity contribution < 1.29 is 5.11 Å². The lowest BCUT2D eigenvalue weighted by Gasteiger charge is -2.33. The molecule has 0 amide bonds. The number of aromatic hydroxyl groups is 1. The highest BCUT2D eigenvalue weighted by molar-refractivity contribution is 5.23. The molecule has 2 rings (SSSR count). The van der Waals surface area contributed by atoms with Crippen LogP contribution in [0.15, 0.2) is 9.59 Å². The van der Waals surface area contributed by atoms with Crippen LogP contribution in [0.25, 0.3) is 0 Å². The van der Waals surface area contributed by atoms with Gasteiger partial charge in [0.1, 0.15) is 0 Å². The lowest BCUT2D eigenvalue weighted by Crippen LogP contribution is -2.42. The Kier molecular flexibility index (Phi) is 4.09. The summed E-state index contributed by atoms with van der Waals surface area (Å²) in [6.45, 7) is 6.55. The number of hydrogen-bond donors (Lipinski definition) is 2. The number of rotatable bonds is 3. The number of aromatic amines is 1. The van der Waals surface area contributed by atoms with Gasteiger partial charge >= 0.3 is 5.69 Å². The Morgan fingerprint density at radius 3 is 2.74 bits per heavy atom. The van der Waals surface area contributed by atoms with Crippen molar-refractivity contribution >= 4 is 0 Å². The molecule has 2 N–H and O–H groups in total. The number of aromatic nitrogens is 2. The minimum atomic E-state index is -0.511. The standard InChI is InChI=1S/C13H21N3O3/c1-3-10-11(17)14-13(19)16(12(10)18)9-6-5-7-15(4-2)8-9/h9,18H,3-8H2,1-2H3,(H,14,17,19). The first-order valence-electron chi connectivity index (χ1n) is 6.87. The summed E-state index contributed by atoms with van der Waals surface area (Å²) in [6.07, 6.45) is 2.25. The second-order valence-corrected chi connectivity index (χ2v) is 4.97. The van der Waals surface area contributed by atoms with Crippen LogP contribution in [0.5, 0.6) is 5.88 Å². The number of H-pyrrole nitrogens is 1. The van der Waals surface area contributed by atoms with Gasteiger partial charge in [-0.1, -0.05) is 13.8 Å². The van der Waals surface area contributed by atoms with Gasteiger partial charge in [-0.05, 0) is 32.4 Å². The molecule has 1 unspecified atom stereocenters. The fourth-order valence-electron chi connectivity index (χ4n) is 2.76. The van der Waals surface area contributed by atoms with E-state index in [9.17, 15) is 14.7 Å². The molecule has 1 aromatic heterocycles. The van der Waals surface area contributed by atoms with E-state index >= 15 is 0 Å². The average molecular weight is 267 g/mol. The van der Waals surface area contributed by atoms with E-state index < -0.39 is 11.2 Å². The van der Waals surface area contributed by atoms with Crippen LogP contribution < -0.4 is 11.2 Å². The molecule has 2 heterocycles. The molecule has 19 heavy (non-hydrogen) atoms. The highest BCUT2D eigenvalue weighted by Crippen LogP contribution is 2.24. The van der Waals surface area contributed by atoms with Crippen molar-refractivity contribution in [1.82, 2.24) is 14.5 Å². The van der Waals surface area contributed by atoms with Gasteiger partial charge in [0.05, 0.1) is 11.6 Å². The molecule has 0 aliphatic carbocycles. The van der Waals surface area contributed by atoms with Crippen molar-refractivity contribution in [3.8, 4) is 5.88 Å². The highest BCUT2D eigenvalue weighted by atomic mass is 16.3. The maximum Gasteiger partial charge on any atom is 0.331 e. The Labute approximate surface area is 111 Å². The molecule has 6 heteroatoms. The predicted molar refractivity (Wildman–Crippen MR) is 72.8 cm³/mol. The summed E-state index contributed by atoms with van der Waals surface area (Å²) in [4.78, 5) is 28.1. The van der Waals surface area contributed by atoms with Gasteiger partial charge in [-0.15, -0.1) is 0 Å². The first-order chi connectivity index (χ1) is 9.08. The highest BCUT2D eigenvalue weighted by Gasteiger charge is 2.25. The van der Waals surface area contributed by atoms with Gasteiger partial charge in [-0.2, -0.15) is 0 Å². The third-order valence-corrected chi connectivity index (χ3v) is 3.86. The van der Waals surface area contributed by atoms with Gasteiger partial charge in [-0.3, -0.25) is 14.3 Å². The quantitative estimate of drug-likeness (QED) is 0.834. The first-order valence-corrected chi connectivity index (χ1v) is 6.87. The summed E-state index contributed by atoms with van der Waals surface area (Å²) in [5.74, 6) is -0.167. The van der Waals surface area contributed by atoms with Crippen LogP contribution in [-0.4, -0.2) is 39.2 Å². The van der Waals surface area contributed by atoms with Crippen LogP contribution >= 0.6 is 0 Å². The first kappa shape index (κ1) is 13.9. The molecule has 1 fully saturated rings. The molecule has 0 bridgehead atoms. The zero-order valence-electron chi connectivity index (χ0n) is 11.5. The zero-order valence-corrected chi connectivity index (χ0v) is 11.5. The minimum Gasteiger partial charge on any atom is -0.494 e. The Morgan fingerprint density at radius 2 is 2.11 bits per heavy atom. The van der Waals surface area contributed by atoms with Gasteiger partial charge in [-0.25, -0.2) is 4.79 Å². The molecule has 0 spiro atoms. The number of nitrogens with zero attached hydrogens (tertiary/aromatic N) is 2. The van der Waals surface area contributed by atoms with E-state index in [0.717, 1.165) is 32.5 Å². The molecular formula is C13H21N3O3. The second kappa shape index (κ2) is 5.61. The monoisotopic (exact) mass is 267 g/mol. The fourth-order valence-corrected chi connectivity index (χ4v) is 2.76. The van der Waals surface area contributed by atoms with E-state index in [4.69, 9.17) is 0 Å². The largest absolute Gasteiger partial charge is 0.494 e. The normalized spacial score (nSPS) is 20.6. The van der Waals surface area contributed by atoms with Crippen LogP contribution in [0.2, 0.25) is 0 Å². The minimum absolute atomic E-state index is 0.0663. The summed E-state index contributed by atoms with van der Waals surface area (Å²) in [6, 6.07) is -0.0663. The van der Waals surface area contributed by atoms with E-state index in [1.54, 1.807) is 6.92 Å². The topological polar surface area (TPSA) is 78.3 Å². The fraction of sp³-hybridized carbons (Fsp3) is 0.692. The molecule has 1 aliphatic heterocycles. The van der Waals surface area contributed by atoms with Crippen LogP contribution in [-0.2, 0) is 6.42 Å². The number of hydrogen-bond acceptors (Lipinski definition) is 4. The number of likely N-dealkylation sites (tertiary alicyclic amines) is 1. The van der Waals surface area contributed by atoms with Gasteiger partial charge < -0.3 is 10.0 Å². The van der Waals surface area contributed by atoms with Crippen molar-refractivity contribution in [3.63, 3.8) is 0 Å². The Bertz CT molecular complexity index is 561. The molecule has 1 aromatic rings. The zero-order chi connectivity index (χ0) is 14.0. The van der Waals surface area contributed by atoms with Crippen molar-refractivity contribution in [3.05, 3.63) is 26.4 Å². The molecular weight excluding hydrogens is 246 g/mol. The van der Waals surface area contributed by atoms with Crippen molar-refractivity contribution in [2.75, 3.05) is 19.6 Å². The smallest absolute Gasteiger partial charge is 0.331 e. The van der Waals surface area contributed by atoms with Crippen molar-refractivity contribution in [2.24, 2.45) is 0 Å². The van der Waals surface area contributed by atoms with Crippen molar-refractivity contribution in [2.45, 2.75) is 39.2 Å². The Morgan fingerprint density at radius 1 is 1.37 bits per heavy atom. The third kappa shape index (κ3) is 2.58. The predicted octanol–water partition coefficient (Wildman–Crippen LogP) is 0.461. The van der Waals surface area contributed by atoms with E-state index in [0.29, 0.717) is 6.42 Å². The number of piperidine rings is 1. The lowest BCUT2D eigenvalue weighted by atomic mass is 10.1. The molecule has 0 radical (unpaired) electrons. The van der Waals surface area contributed by atoms with Crippen LogP contribution in [0, 0.1) is 0 Å². The average Bonchev–Trinajstić information content (AvgIpc) is 2.39. The van der Waals surface area contributed by atoms with Gasteiger partial charge in [0.15, 0.2) is 0 Å². The van der Waals surface area contributed by atoms with Crippen molar-refractivity contribution in [1.29, 1.82) is 0 Å². The summed E-state index contributed by atoms with van der Waals surface area (Å²) in [5, 5.41) is 10.2. The van der Waals surface area contributed by atoms with Crippen LogP contribution in [0.1, 0.15) is 38.3 Å². The number of nitrogens with one attached hydrogen (secondary N) is 1. The molecule has 1 atom stereocenters. The summed E-state index contributed by atoms with van der Waals surface area (Å²) in [5.41, 5.74) is -0.708. The van der Waals surface area contributed by atoms with Gasteiger partial charge in [0, 0.05) is 6.54 Å². The van der Waals surface area contributed by atoms with Crippen LogP contribution in [0.4, 0.5) is 0 Å². The maximum absolute atomic E-state index is 12.0. The third-order valence-electron chi connectivity index (χ3n) is 3.86. The Balaban J connectivity index is 2.44. The van der Waals surface area contributed by atoms with E-state index in [2.05, 4.69) is 16.8 Å². The summed E-state index contributed by atoms with van der Waals surface area (Å²) in [7, 11) is 0. The molecule has 6 nitrogen and oxygen atoms in total. The molecule has 1 saturated heterocycles. The lowest BCUT2D eigenvalue weighted by molar-refractivity contribution is 0.173. The summed E-state index contributed by atoms with van der Waals surface area (Å²) < 4.78 is 1.35. The van der Waals surface area contributed by atoms with Crippen LogP contribution in [0.3, 0.4) is 0 Å². The van der Waals surface area contributed by atoms with E-state index in [-0.39, 0.29) is 17.5 Å². The molecule has 1 aliphatic rings. The van der Waals surface area contributed by atoms with Gasteiger partial charge in [0.25, 0.3) is 5.56 Å². The van der Waals surface area contributed by atoms with E-state index in [1.807, 2.05) is 0 Å². The van der Waals surface area contributed by atoms with E-state index in [1.165, 1.54) is 4.57 Å². The molecule has 106 valence electrons. The van der Waals surface area contributed by atoms with Gasteiger partial charge in [0.2, 0.25) is 5.88 Å². The maximum atomic E-state index is 12.0. The Hall–Kier alpha value is -1.56. The second-order valence-electron chi connectivity index (χ2n) is 4.97. The number of likely N-dealkylation sites (N-methyl/N-ethyl adjacent to an activating group) is 1.